The maximum atomic E-state index is 10.2. The molecule has 1 aromatic rings. The number of hydrogen-bond acceptors (Lipinski definition) is 5. The third-order valence-corrected chi connectivity index (χ3v) is 5.47. The van der Waals surface area contributed by atoms with E-state index < -0.39 is 6.10 Å². The minimum Gasteiger partial charge on any atom is -0.493 e. The highest BCUT2D eigenvalue weighted by atomic mass is 16.5. The Morgan fingerprint density at radius 3 is 2.54 bits per heavy atom. The first kappa shape index (κ1) is 21.0. The number of nitrogens with zero attached hydrogens (tertiary/aromatic N) is 2. The van der Waals surface area contributed by atoms with E-state index in [4.69, 9.17) is 9.47 Å². The predicted octanol–water partition coefficient (Wildman–Crippen LogP) is 3.15. The molecule has 0 unspecified atom stereocenters. The molecule has 26 heavy (non-hydrogen) atoms. The fourth-order valence-corrected chi connectivity index (χ4v) is 3.62. The number of rotatable bonds is 10. The first-order chi connectivity index (χ1) is 12.4. The summed E-state index contributed by atoms with van der Waals surface area (Å²) in [6.45, 7) is 13.6. The molecule has 1 saturated heterocycles. The highest BCUT2D eigenvalue weighted by Gasteiger charge is 2.31. The molecule has 1 heterocycles. The Balaban J connectivity index is 1.95. The summed E-state index contributed by atoms with van der Waals surface area (Å²) >= 11 is 0. The topological polar surface area (TPSA) is 45.2 Å². The van der Waals surface area contributed by atoms with Crippen molar-refractivity contribution in [2.75, 3.05) is 39.9 Å². The van der Waals surface area contributed by atoms with Gasteiger partial charge in [-0.3, -0.25) is 4.90 Å². The predicted molar refractivity (Wildman–Crippen MR) is 106 cm³/mol. The molecule has 0 aromatic heterocycles. The number of aliphatic hydroxyl groups is 1. The number of hydrogen-bond donors (Lipinski definition) is 1. The first-order valence-corrected chi connectivity index (χ1v) is 9.84. The lowest BCUT2D eigenvalue weighted by Crippen LogP contribution is -2.37. The van der Waals surface area contributed by atoms with Crippen LogP contribution in [0.15, 0.2) is 18.2 Å². The van der Waals surface area contributed by atoms with Gasteiger partial charge in [-0.05, 0) is 64.0 Å². The summed E-state index contributed by atoms with van der Waals surface area (Å²) in [5.74, 6) is 1.42. The summed E-state index contributed by atoms with van der Waals surface area (Å²) < 4.78 is 11.4. The molecule has 0 spiro atoms. The average molecular weight is 365 g/mol. The largest absolute Gasteiger partial charge is 0.493 e. The van der Waals surface area contributed by atoms with Crippen LogP contribution >= 0.6 is 0 Å². The quantitative estimate of drug-likeness (QED) is 0.691. The fourth-order valence-electron chi connectivity index (χ4n) is 3.62. The van der Waals surface area contributed by atoms with Crippen molar-refractivity contribution in [3.05, 3.63) is 23.8 Å². The molecular weight excluding hydrogens is 328 g/mol. The van der Waals surface area contributed by atoms with Crippen LogP contribution in [0.1, 0.15) is 46.1 Å². The molecule has 1 aliphatic heterocycles. The number of ether oxygens (including phenoxy) is 2. The molecule has 0 saturated carbocycles. The van der Waals surface area contributed by atoms with Crippen LogP contribution in [0.25, 0.3) is 0 Å². The Kier molecular flexibility index (Phi) is 7.74. The molecule has 1 fully saturated rings. The van der Waals surface area contributed by atoms with Crippen LogP contribution in [-0.4, -0.2) is 66.4 Å². The summed E-state index contributed by atoms with van der Waals surface area (Å²) in [6.07, 6.45) is 2.00. The van der Waals surface area contributed by atoms with Crippen LogP contribution in [0.3, 0.4) is 0 Å². The minimum atomic E-state index is -0.510. The Morgan fingerprint density at radius 2 is 1.96 bits per heavy atom. The van der Waals surface area contributed by atoms with Gasteiger partial charge >= 0.3 is 0 Å². The lowest BCUT2D eigenvalue weighted by atomic mass is 10.0. The average Bonchev–Trinajstić information content (AvgIpc) is 2.96. The first-order valence-electron chi connectivity index (χ1n) is 9.84. The van der Waals surface area contributed by atoms with Gasteiger partial charge in [0.2, 0.25) is 0 Å². The monoisotopic (exact) mass is 364 g/mol. The van der Waals surface area contributed by atoms with Gasteiger partial charge in [-0.15, -0.1) is 0 Å². The highest BCUT2D eigenvalue weighted by Crippen LogP contribution is 2.33. The number of methoxy groups -OCH3 is 1. The van der Waals surface area contributed by atoms with E-state index in [1.807, 2.05) is 6.07 Å². The summed E-state index contributed by atoms with van der Waals surface area (Å²) in [6, 6.07) is 6.12. The summed E-state index contributed by atoms with van der Waals surface area (Å²) in [7, 11) is 1.66. The number of benzene rings is 1. The van der Waals surface area contributed by atoms with Gasteiger partial charge in [0.25, 0.3) is 0 Å². The lowest BCUT2D eigenvalue weighted by molar-refractivity contribution is 0.0705. The second kappa shape index (κ2) is 9.58. The molecule has 0 aliphatic carbocycles. The maximum absolute atomic E-state index is 10.2. The molecule has 0 bridgehead atoms. The fraction of sp³-hybridized carbons (Fsp3) is 0.714. The molecule has 1 N–H and O–H groups in total. The van der Waals surface area contributed by atoms with Gasteiger partial charge in [0, 0.05) is 18.6 Å². The van der Waals surface area contributed by atoms with Crippen LogP contribution in [-0.2, 0) is 6.54 Å². The van der Waals surface area contributed by atoms with Crippen molar-refractivity contribution < 1.29 is 14.6 Å². The van der Waals surface area contributed by atoms with E-state index in [2.05, 4.69) is 49.6 Å². The molecule has 0 amide bonds. The van der Waals surface area contributed by atoms with E-state index in [-0.39, 0.29) is 12.1 Å². The minimum absolute atomic E-state index is 0.261. The van der Waals surface area contributed by atoms with Crippen molar-refractivity contribution in [1.82, 2.24) is 9.80 Å². The van der Waals surface area contributed by atoms with Crippen LogP contribution in [0.5, 0.6) is 11.5 Å². The van der Waals surface area contributed by atoms with Gasteiger partial charge in [0.05, 0.1) is 7.11 Å². The second-order valence-electron chi connectivity index (χ2n) is 7.77. The van der Waals surface area contributed by atoms with Crippen molar-refractivity contribution in [3.8, 4) is 11.5 Å². The highest BCUT2D eigenvalue weighted by molar-refractivity contribution is 5.43. The zero-order valence-corrected chi connectivity index (χ0v) is 17.1. The van der Waals surface area contributed by atoms with Crippen LogP contribution in [0.2, 0.25) is 0 Å². The molecular formula is C21H36N2O3. The Hall–Kier alpha value is -1.30. The number of likely N-dealkylation sites (tertiary alicyclic amines) is 1. The van der Waals surface area contributed by atoms with Gasteiger partial charge in [-0.25, -0.2) is 0 Å². The van der Waals surface area contributed by atoms with Crippen molar-refractivity contribution in [2.45, 2.75) is 58.7 Å². The Morgan fingerprint density at radius 1 is 1.23 bits per heavy atom. The van der Waals surface area contributed by atoms with Crippen LogP contribution < -0.4 is 9.47 Å². The Bertz CT molecular complexity index is 558. The summed E-state index contributed by atoms with van der Waals surface area (Å²) in [4.78, 5) is 4.71. The molecule has 1 aliphatic rings. The normalized spacial score (nSPS) is 18.3. The Labute approximate surface area is 158 Å². The van der Waals surface area contributed by atoms with Crippen molar-refractivity contribution >= 4 is 0 Å². The van der Waals surface area contributed by atoms with Gasteiger partial charge in [-0.1, -0.05) is 19.9 Å². The number of likely N-dealkylation sites (N-methyl/N-ethyl adjacent to an activating group) is 1. The smallest absolute Gasteiger partial charge is 0.161 e. The standard InChI is InChI=1S/C21H36N2O3/c1-6-22(7-2)15-18(24)16-26-19-10-9-17(13-20(19)25-5)14-23-12-8-11-21(23,3)4/h9-10,13,18,24H,6-8,11-12,14-16H2,1-5H3/t18-/m0/s1. The van der Waals surface area contributed by atoms with Gasteiger partial charge < -0.3 is 19.5 Å². The molecule has 1 atom stereocenters. The van der Waals surface area contributed by atoms with E-state index in [9.17, 15) is 5.11 Å². The molecule has 0 radical (unpaired) electrons. The maximum Gasteiger partial charge on any atom is 0.161 e. The summed E-state index contributed by atoms with van der Waals surface area (Å²) in [5, 5.41) is 10.2. The third-order valence-electron chi connectivity index (χ3n) is 5.47. The van der Waals surface area contributed by atoms with Gasteiger partial charge in [-0.2, -0.15) is 0 Å². The van der Waals surface area contributed by atoms with Gasteiger partial charge in [0.15, 0.2) is 11.5 Å². The van der Waals surface area contributed by atoms with Crippen molar-refractivity contribution in [1.29, 1.82) is 0 Å². The molecule has 5 heteroatoms. The zero-order valence-electron chi connectivity index (χ0n) is 17.1. The van der Waals surface area contributed by atoms with Gasteiger partial charge in [0.1, 0.15) is 12.7 Å². The van der Waals surface area contributed by atoms with Crippen molar-refractivity contribution in [2.24, 2.45) is 0 Å². The van der Waals surface area contributed by atoms with E-state index in [0.29, 0.717) is 12.3 Å². The lowest BCUT2D eigenvalue weighted by Gasteiger charge is -2.31. The molecule has 2 rings (SSSR count). The number of aliphatic hydroxyl groups excluding tert-OH is 1. The SMILES string of the molecule is CCN(CC)C[C@H](O)COc1ccc(CN2CCCC2(C)C)cc1OC. The molecule has 1 aromatic carbocycles. The third kappa shape index (κ3) is 5.60. The van der Waals surface area contributed by atoms with Crippen LogP contribution in [0.4, 0.5) is 0 Å². The van der Waals surface area contributed by atoms with E-state index in [0.717, 1.165) is 31.9 Å². The van der Waals surface area contributed by atoms with Crippen molar-refractivity contribution in [3.63, 3.8) is 0 Å². The zero-order chi connectivity index (χ0) is 19.2. The van der Waals surface area contributed by atoms with Crippen LogP contribution in [0, 0.1) is 0 Å². The molecule has 5 nitrogen and oxygen atoms in total. The second-order valence-corrected chi connectivity index (χ2v) is 7.77. The molecule has 148 valence electrons. The van der Waals surface area contributed by atoms with E-state index >= 15 is 0 Å². The van der Waals surface area contributed by atoms with E-state index in [1.165, 1.54) is 18.4 Å². The van der Waals surface area contributed by atoms with E-state index in [1.54, 1.807) is 7.11 Å². The summed E-state index contributed by atoms with van der Waals surface area (Å²) in [5.41, 5.74) is 1.49.